The van der Waals surface area contributed by atoms with Gasteiger partial charge in [0, 0.05) is 9.50 Å². The monoisotopic (exact) mass is 381 g/mol. The van der Waals surface area contributed by atoms with Crippen molar-refractivity contribution in [1.29, 1.82) is 0 Å². The molecule has 1 aromatic carbocycles. The Labute approximate surface area is 128 Å². The Morgan fingerprint density at radius 1 is 1.16 bits per heavy atom. The third kappa shape index (κ3) is 3.56. The number of sulfonamides is 1. The first-order chi connectivity index (χ1) is 8.88. The first-order valence-electron chi connectivity index (χ1n) is 4.84. The first kappa shape index (κ1) is 14.5. The van der Waals surface area contributed by atoms with Crippen LogP contribution < -0.4 is 4.72 Å². The molecule has 0 atom stereocenters. The van der Waals surface area contributed by atoms with Crippen molar-refractivity contribution in [2.24, 2.45) is 0 Å². The molecule has 5 nitrogen and oxygen atoms in total. The number of benzene rings is 1. The molecule has 0 bridgehead atoms. The van der Waals surface area contributed by atoms with Gasteiger partial charge < -0.3 is 0 Å². The fourth-order valence-electron chi connectivity index (χ4n) is 1.22. The van der Waals surface area contributed by atoms with Crippen LogP contribution in [0.25, 0.3) is 0 Å². The number of aromatic nitrogens is 2. The molecule has 0 radical (unpaired) electrons. The maximum absolute atomic E-state index is 12.1. The van der Waals surface area contributed by atoms with E-state index in [0.29, 0.717) is 15.2 Å². The summed E-state index contributed by atoms with van der Waals surface area (Å²) >= 11 is 14.5. The molecular formula is C10H6BrCl2N3O2S. The van der Waals surface area contributed by atoms with Gasteiger partial charge in [0.2, 0.25) is 5.28 Å². The molecule has 0 unspecified atom stereocenters. The van der Waals surface area contributed by atoms with E-state index in [0.717, 1.165) is 12.4 Å². The first-order valence-corrected chi connectivity index (χ1v) is 7.87. The van der Waals surface area contributed by atoms with Crippen molar-refractivity contribution in [3.8, 4) is 0 Å². The molecule has 100 valence electrons. The normalized spacial score (nSPS) is 11.3. The molecule has 0 amide bonds. The van der Waals surface area contributed by atoms with Gasteiger partial charge in [-0.25, -0.2) is 18.4 Å². The Bertz CT molecular complexity index is 707. The highest BCUT2D eigenvalue weighted by atomic mass is 79.9. The van der Waals surface area contributed by atoms with Gasteiger partial charge in [-0.2, -0.15) is 0 Å². The number of nitrogens with zero attached hydrogens (tertiary/aromatic N) is 2. The molecular weight excluding hydrogens is 377 g/mol. The Hall–Kier alpha value is -0.890. The quantitative estimate of drug-likeness (QED) is 0.826. The third-order valence-electron chi connectivity index (χ3n) is 2.08. The standard InChI is InChI=1S/C10H6BrCl2N3O2S/c11-8-3-6(12)1-2-9(8)16-19(17,18)7-4-14-10(13)15-5-7/h1-5,16H. The minimum absolute atomic E-state index is 0.0216. The van der Waals surface area contributed by atoms with E-state index < -0.39 is 10.0 Å². The zero-order chi connectivity index (χ0) is 14.0. The van der Waals surface area contributed by atoms with Gasteiger partial charge >= 0.3 is 0 Å². The molecule has 2 aromatic rings. The summed E-state index contributed by atoms with van der Waals surface area (Å²) in [5.74, 6) is 0. The Morgan fingerprint density at radius 3 is 2.37 bits per heavy atom. The van der Waals surface area contributed by atoms with Gasteiger partial charge in [-0.1, -0.05) is 11.6 Å². The zero-order valence-corrected chi connectivity index (χ0v) is 13.1. The molecule has 1 aromatic heterocycles. The Kier molecular flexibility index (Phi) is 4.29. The summed E-state index contributed by atoms with van der Waals surface area (Å²) in [5.41, 5.74) is 0.361. The lowest BCUT2D eigenvalue weighted by atomic mass is 10.3. The van der Waals surface area contributed by atoms with E-state index in [1.165, 1.54) is 0 Å². The van der Waals surface area contributed by atoms with E-state index in [1.54, 1.807) is 18.2 Å². The fourth-order valence-corrected chi connectivity index (χ4v) is 3.19. The van der Waals surface area contributed by atoms with Crippen molar-refractivity contribution in [2.75, 3.05) is 4.72 Å². The van der Waals surface area contributed by atoms with E-state index in [2.05, 4.69) is 30.6 Å². The van der Waals surface area contributed by atoms with Crippen LogP contribution in [0.2, 0.25) is 10.3 Å². The van der Waals surface area contributed by atoms with Gasteiger partial charge in [0.25, 0.3) is 10.0 Å². The molecule has 0 aliphatic rings. The van der Waals surface area contributed by atoms with Gasteiger partial charge in [-0.15, -0.1) is 0 Å². The van der Waals surface area contributed by atoms with Crippen molar-refractivity contribution in [3.63, 3.8) is 0 Å². The molecule has 0 saturated carbocycles. The molecule has 0 saturated heterocycles. The van der Waals surface area contributed by atoms with Gasteiger partial charge in [-0.05, 0) is 45.7 Å². The predicted molar refractivity (Wildman–Crippen MR) is 77.0 cm³/mol. The van der Waals surface area contributed by atoms with Crippen LogP contribution in [0.5, 0.6) is 0 Å². The molecule has 0 spiro atoms. The number of nitrogens with one attached hydrogen (secondary N) is 1. The maximum Gasteiger partial charge on any atom is 0.265 e. The van der Waals surface area contributed by atoms with Crippen LogP contribution >= 0.6 is 39.1 Å². The van der Waals surface area contributed by atoms with Crippen LogP contribution in [0.4, 0.5) is 5.69 Å². The predicted octanol–water partition coefficient (Wildman–Crippen LogP) is 3.35. The number of halogens is 3. The molecule has 0 aliphatic carbocycles. The maximum atomic E-state index is 12.1. The molecule has 0 aliphatic heterocycles. The van der Waals surface area contributed by atoms with Gasteiger partial charge in [0.15, 0.2) is 0 Å². The molecule has 1 N–H and O–H groups in total. The Balaban J connectivity index is 2.33. The smallest absolute Gasteiger partial charge is 0.265 e. The average Bonchev–Trinajstić information content (AvgIpc) is 2.33. The highest BCUT2D eigenvalue weighted by Crippen LogP contribution is 2.27. The summed E-state index contributed by atoms with van der Waals surface area (Å²) in [6.45, 7) is 0. The third-order valence-corrected chi connectivity index (χ3v) is 4.49. The van der Waals surface area contributed by atoms with Crippen LogP contribution in [-0.4, -0.2) is 18.4 Å². The summed E-state index contributed by atoms with van der Waals surface area (Å²) in [7, 11) is -3.77. The molecule has 19 heavy (non-hydrogen) atoms. The summed E-state index contributed by atoms with van der Waals surface area (Å²) in [6, 6.07) is 4.70. The van der Waals surface area contributed by atoms with Crippen molar-refractivity contribution in [2.45, 2.75) is 4.90 Å². The van der Waals surface area contributed by atoms with Crippen molar-refractivity contribution in [3.05, 3.63) is 45.4 Å². The van der Waals surface area contributed by atoms with E-state index in [4.69, 9.17) is 23.2 Å². The summed E-state index contributed by atoms with van der Waals surface area (Å²) < 4.78 is 27.0. The molecule has 0 fully saturated rings. The fraction of sp³-hybridized carbons (Fsp3) is 0. The second-order valence-corrected chi connectivity index (χ2v) is 6.73. The van der Waals surface area contributed by atoms with Crippen LogP contribution in [0.1, 0.15) is 0 Å². The molecule has 9 heteroatoms. The van der Waals surface area contributed by atoms with Crippen molar-refractivity contribution < 1.29 is 8.42 Å². The summed E-state index contributed by atoms with van der Waals surface area (Å²) in [5, 5.41) is 0.469. The SMILES string of the molecule is O=S(=O)(Nc1ccc(Cl)cc1Br)c1cnc(Cl)nc1. The highest BCUT2D eigenvalue weighted by molar-refractivity contribution is 9.10. The zero-order valence-electron chi connectivity index (χ0n) is 9.14. The number of hydrogen-bond acceptors (Lipinski definition) is 4. The van der Waals surface area contributed by atoms with Crippen molar-refractivity contribution in [1.82, 2.24) is 9.97 Å². The lowest BCUT2D eigenvalue weighted by Crippen LogP contribution is -2.14. The van der Waals surface area contributed by atoms with Crippen LogP contribution in [0.3, 0.4) is 0 Å². The number of anilines is 1. The molecule has 2 rings (SSSR count). The van der Waals surface area contributed by atoms with Crippen molar-refractivity contribution >= 4 is 54.8 Å². The summed E-state index contributed by atoms with van der Waals surface area (Å²) in [4.78, 5) is 7.17. The van der Waals surface area contributed by atoms with E-state index >= 15 is 0 Å². The van der Waals surface area contributed by atoms with Crippen LogP contribution in [0.15, 0.2) is 40.0 Å². The Morgan fingerprint density at radius 2 is 1.79 bits per heavy atom. The molecule has 1 heterocycles. The van der Waals surface area contributed by atoms with Gasteiger partial charge in [-0.3, -0.25) is 4.72 Å². The highest BCUT2D eigenvalue weighted by Gasteiger charge is 2.16. The van der Waals surface area contributed by atoms with Gasteiger partial charge in [0.1, 0.15) is 4.90 Å². The van der Waals surface area contributed by atoms with E-state index in [1.807, 2.05) is 0 Å². The second-order valence-electron chi connectivity index (χ2n) is 3.42. The van der Waals surface area contributed by atoms with Crippen LogP contribution in [0, 0.1) is 0 Å². The minimum Gasteiger partial charge on any atom is -0.278 e. The second kappa shape index (κ2) is 5.62. The van der Waals surface area contributed by atoms with E-state index in [-0.39, 0.29) is 10.2 Å². The lowest BCUT2D eigenvalue weighted by Gasteiger charge is -2.09. The minimum atomic E-state index is -3.77. The van der Waals surface area contributed by atoms with Crippen LogP contribution in [-0.2, 0) is 10.0 Å². The lowest BCUT2D eigenvalue weighted by molar-refractivity contribution is 0.600. The topological polar surface area (TPSA) is 72.0 Å². The average molecular weight is 383 g/mol. The van der Waals surface area contributed by atoms with E-state index in [9.17, 15) is 8.42 Å². The summed E-state index contributed by atoms with van der Waals surface area (Å²) in [6.07, 6.45) is 2.25. The number of rotatable bonds is 3. The van der Waals surface area contributed by atoms with Gasteiger partial charge in [0.05, 0.1) is 18.1 Å². The largest absolute Gasteiger partial charge is 0.278 e. The number of hydrogen-bond donors (Lipinski definition) is 1.